The highest BCUT2D eigenvalue weighted by atomic mass is 35.5. The van der Waals surface area contributed by atoms with Crippen molar-refractivity contribution in [2.24, 2.45) is 4.99 Å². The molecule has 3 nitrogen and oxygen atoms in total. The minimum atomic E-state index is -2.73. The van der Waals surface area contributed by atoms with Crippen molar-refractivity contribution in [1.82, 2.24) is 4.90 Å². The lowest BCUT2D eigenvalue weighted by atomic mass is 10.1. The van der Waals surface area contributed by atoms with Crippen molar-refractivity contribution < 1.29 is 17.6 Å². The van der Waals surface area contributed by atoms with E-state index in [0.29, 0.717) is 0 Å². The van der Waals surface area contributed by atoms with Crippen molar-refractivity contribution in [2.45, 2.75) is 26.3 Å². The Hall–Kier alpha value is -1.81. The molecule has 0 radical (unpaired) electrons. The lowest BCUT2D eigenvalue weighted by Gasteiger charge is -2.30. The predicted octanol–water partition coefficient (Wildman–Crippen LogP) is 4.15. The van der Waals surface area contributed by atoms with Crippen LogP contribution in [-0.2, 0) is 0 Å². The Morgan fingerprint density at radius 1 is 1.38 bits per heavy atom. The molecule has 0 spiro atoms. The number of halogens is 5. The van der Waals surface area contributed by atoms with Crippen molar-refractivity contribution in [1.29, 1.82) is 5.26 Å². The molecule has 0 saturated carbocycles. The monoisotopic (exact) mass is 321 g/mol. The standard InChI is InChI=1S/C13H12ClF4N3/c1-7(9-3-12(16)10(14)4-11(9)15)21(5-13(17)18)8(2)20-6-19/h3-4,7,13H,5H2,1-2H3. The van der Waals surface area contributed by atoms with Crippen molar-refractivity contribution in [3.8, 4) is 6.19 Å². The van der Waals surface area contributed by atoms with Crippen LogP contribution in [0.1, 0.15) is 25.5 Å². The molecule has 1 aromatic rings. The molecule has 0 aliphatic heterocycles. The summed E-state index contributed by atoms with van der Waals surface area (Å²) in [6, 6.07) is 0.684. The first kappa shape index (κ1) is 17.2. The zero-order valence-electron chi connectivity index (χ0n) is 11.2. The van der Waals surface area contributed by atoms with E-state index >= 15 is 0 Å². The maximum atomic E-state index is 13.9. The van der Waals surface area contributed by atoms with E-state index in [9.17, 15) is 17.6 Å². The largest absolute Gasteiger partial charge is 0.347 e. The number of nitrogens with zero attached hydrogens (tertiary/aromatic N) is 3. The summed E-state index contributed by atoms with van der Waals surface area (Å²) in [7, 11) is 0. The highest BCUT2D eigenvalue weighted by Gasteiger charge is 2.24. The smallest absolute Gasteiger partial charge is 0.255 e. The van der Waals surface area contributed by atoms with Gasteiger partial charge in [-0.05, 0) is 26.0 Å². The molecule has 0 aliphatic rings. The van der Waals surface area contributed by atoms with Gasteiger partial charge in [-0.15, -0.1) is 0 Å². The average molecular weight is 322 g/mol. The first-order valence-electron chi connectivity index (χ1n) is 5.90. The van der Waals surface area contributed by atoms with Crippen LogP contribution in [0.25, 0.3) is 0 Å². The zero-order chi connectivity index (χ0) is 16.2. The van der Waals surface area contributed by atoms with Crippen molar-refractivity contribution in [3.63, 3.8) is 0 Å². The third kappa shape index (κ3) is 4.33. The number of benzene rings is 1. The molecule has 1 aromatic carbocycles. The summed E-state index contributed by atoms with van der Waals surface area (Å²) in [5.41, 5.74) is -0.148. The second-order valence-electron chi connectivity index (χ2n) is 4.27. The van der Waals surface area contributed by atoms with E-state index in [1.54, 1.807) is 0 Å². The van der Waals surface area contributed by atoms with Crippen LogP contribution >= 0.6 is 11.6 Å². The Balaban J connectivity index is 3.23. The SMILES string of the molecule is CC(=NC#N)N(CC(F)F)C(C)c1cc(F)c(Cl)cc1F. The van der Waals surface area contributed by atoms with Crippen LogP contribution in [-0.4, -0.2) is 23.7 Å². The van der Waals surface area contributed by atoms with Crippen LogP contribution in [0.15, 0.2) is 17.1 Å². The molecule has 0 fully saturated rings. The molecule has 0 amide bonds. The van der Waals surface area contributed by atoms with Gasteiger partial charge in [-0.25, -0.2) is 17.6 Å². The van der Waals surface area contributed by atoms with Crippen molar-refractivity contribution in [2.75, 3.05) is 6.54 Å². The molecule has 0 N–H and O–H groups in total. The van der Waals surface area contributed by atoms with Gasteiger partial charge in [0.2, 0.25) is 6.19 Å². The molecular weight excluding hydrogens is 310 g/mol. The number of nitriles is 1. The Bertz CT molecular complexity index is 584. The van der Waals surface area contributed by atoms with Gasteiger partial charge in [0.1, 0.15) is 17.5 Å². The van der Waals surface area contributed by atoms with E-state index in [2.05, 4.69) is 4.99 Å². The Morgan fingerprint density at radius 2 is 2.00 bits per heavy atom. The second kappa shape index (κ2) is 7.27. The highest BCUT2D eigenvalue weighted by Crippen LogP contribution is 2.28. The summed E-state index contributed by atoms with van der Waals surface area (Å²) in [5, 5.41) is 8.11. The van der Waals surface area contributed by atoms with E-state index in [1.807, 2.05) is 0 Å². The maximum absolute atomic E-state index is 13.9. The molecule has 0 saturated heterocycles. The number of aliphatic imine (C=N–C) groups is 1. The van der Waals surface area contributed by atoms with E-state index in [1.165, 1.54) is 20.0 Å². The quantitative estimate of drug-likeness (QED) is 0.275. The third-order valence-corrected chi connectivity index (χ3v) is 3.21. The molecule has 1 unspecified atom stereocenters. The molecule has 0 aliphatic carbocycles. The first-order valence-corrected chi connectivity index (χ1v) is 6.28. The number of hydrogen-bond donors (Lipinski definition) is 0. The fourth-order valence-electron chi connectivity index (χ4n) is 1.88. The van der Waals surface area contributed by atoms with E-state index in [-0.39, 0.29) is 11.4 Å². The minimum absolute atomic E-state index is 0.0138. The maximum Gasteiger partial charge on any atom is 0.255 e. The second-order valence-corrected chi connectivity index (χ2v) is 4.67. The molecule has 1 rings (SSSR count). The molecular formula is C13H12ClF4N3. The normalized spacial score (nSPS) is 13.2. The lowest BCUT2D eigenvalue weighted by Crippen LogP contribution is -2.36. The van der Waals surface area contributed by atoms with Gasteiger partial charge in [0.15, 0.2) is 0 Å². The summed E-state index contributed by atoms with van der Waals surface area (Å²) < 4.78 is 52.6. The van der Waals surface area contributed by atoms with Crippen molar-refractivity contribution >= 4 is 17.4 Å². The van der Waals surface area contributed by atoms with Gasteiger partial charge in [0, 0.05) is 5.56 Å². The predicted molar refractivity (Wildman–Crippen MR) is 71.2 cm³/mol. The van der Waals surface area contributed by atoms with Gasteiger partial charge in [-0.2, -0.15) is 10.3 Å². The van der Waals surface area contributed by atoms with Gasteiger partial charge >= 0.3 is 0 Å². The molecule has 0 bridgehead atoms. The van der Waals surface area contributed by atoms with E-state index in [0.717, 1.165) is 17.0 Å². The van der Waals surface area contributed by atoms with Crippen LogP contribution in [0.2, 0.25) is 5.02 Å². The van der Waals surface area contributed by atoms with E-state index in [4.69, 9.17) is 16.9 Å². The lowest BCUT2D eigenvalue weighted by molar-refractivity contribution is 0.103. The molecule has 8 heteroatoms. The summed E-state index contributed by atoms with van der Waals surface area (Å²) >= 11 is 5.45. The van der Waals surface area contributed by atoms with Gasteiger partial charge < -0.3 is 4.90 Å². The van der Waals surface area contributed by atoms with E-state index < -0.39 is 35.7 Å². The van der Waals surface area contributed by atoms with Crippen LogP contribution < -0.4 is 0 Å². The Labute approximate surface area is 124 Å². The average Bonchev–Trinajstić information content (AvgIpc) is 2.39. The van der Waals surface area contributed by atoms with Crippen LogP contribution in [0.4, 0.5) is 17.6 Å². The molecule has 1 atom stereocenters. The summed E-state index contributed by atoms with van der Waals surface area (Å²) in [6.07, 6.45) is -1.25. The van der Waals surface area contributed by atoms with Gasteiger partial charge in [-0.3, -0.25) is 0 Å². The molecule has 0 aromatic heterocycles. The molecule has 114 valence electrons. The third-order valence-electron chi connectivity index (χ3n) is 2.92. The fourth-order valence-corrected chi connectivity index (χ4v) is 2.03. The summed E-state index contributed by atoms with van der Waals surface area (Å²) in [5.74, 6) is -1.69. The number of amidine groups is 1. The number of rotatable bonds is 4. The van der Waals surface area contributed by atoms with Crippen LogP contribution in [0.3, 0.4) is 0 Å². The van der Waals surface area contributed by atoms with Crippen LogP contribution in [0.5, 0.6) is 0 Å². The zero-order valence-corrected chi connectivity index (χ0v) is 12.0. The van der Waals surface area contributed by atoms with Gasteiger partial charge in [0.05, 0.1) is 17.6 Å². The molecule has 0 heterocycles. The van der Waals surface area contributed by atoms with Gasteiger partial charge in [-0.1, -0.05) is 11.6 Å². The summed E-state index contributed by atoms with van der Waals surface area (Å²) in [6.45, 7) is 1.98. The Kier molecular flexibility index (Phi) is 5.97. The van der Waals surface area contributed by atoms with Crippen LogP contribution in [0, 0.1) is 23.1 Å². The fraction of sp³-hybridized carbons (Fsp3) is 0.385. The topological polar surface area (TPSA) is 39.4 Å². The first-order chi connectivity index (χ1) is 9.77. The minimum Gasteiger partial charge on any atom is -0.347 e. The highest BCUT2D eigenvalue weighted by molar-refractivity contribution is 6.30. The van der Waals surface area contributed by atoms with Crippen molar-refractivity contribution in [3.05, 3.63) is 34.4 Å². The Morgan fingerprint density at radius 3 is 2.52 bits per heavy atom. The summed E-state index contributed by atoms with van der Waals surface area (Å²) in [4.78, 5) is 4.39. The number of alkyl halides is 2. The number of hydrogen-bond acceptors (Lipinski definition) is 2. The van der Waals surface area contributed by atoms with Gasteiger partial charge in [0.25, 0.3) is 6.43 Å². The molecule has 21 heavy (non-hydrogen) atoms.